The van der Waals surface area contributed by atoms with Crippen LogP contribution in [-0.4, -0.2) is 27.9 Å². The number of amides is 1. The topological polar surface area (TPSA) is 72.7 Å². The first-order valence-corrected chi connectivity index (χ1v) is 11.0. The number of nitrogens with one attached hydrogen (secondary N) is 1. The summed E-state index contributed by atoms with van der Waals surface area (Å²) in [7, 11) is 0. The van der Waals surface area contributed by atoms with Crippen molar-refractivity contribution >= 4 is 33.9 Å². The molecular weight excluding hydrogens is 429 g/mol. The van der Waals surface area contributed by atoms with Gasteiger partial charge < -0.3 is 14.5 Å². The van der Waals surface area contributed by atoms with Crippen LogP contribution in [0.2, 0.25) is 0 Å². The van der Waals surface area contributed by atoms with Crippen LogP contribution in [0.25, 0.3) is 16.8 Å². The van der Waals surface area contributed by atoms with Gasteiger partial charge in [0.15, 0.2) is 0 Å². The van der Waals surface area contributed by atoms with Gasteiger partial charge in [0.2, 0.25) is 5.91 Å². The molecule has 0 aliphatic heterocycles. The summed E-state index contributed by atoms with van der Waals surface area (Å²) < 4.78 is 20.5. The fourth-order valence-corrected chi connectivity index (χ4v) is 4.57. The van der Waals surface area contributed by atoms with Gasteiger partial charge in [0.1, 0.15) is 22.0 Å². The molecule has 0 aliphatic rings. The Balaban J connectivity index is 1.65. The summed E-state index contributed by atoms with van der Waals surface area (Å²) in [5.41, 5.74) is 4.92. The van der Waals surface area contributed by atoms with Crippen LogP contribution < -0.4 is 5.32 Å². The van der Waals surface area contributed by atoms with Crippen LogP contribution in [0.5, 0.6) is 0 Å². The number of imidazole rings is 1. The van der Waals surface area contributed by atoms with Crippen LogP contribution in [0, 0.1) is 19.7 Å². The maximum Gasteiger partial charge on any atom is 0.341 e. The molecule has 6 nitrogen and oxygen atoms in total. The highest BCUT2D eigenvalue weighted by Gasteiger charge is 2.23. The lowest BCUT2D eigenvalue weighted by atomic mass is 10.0. The number of aryl methyl sites for hydroxylation is 2. The first kappa shape index (κ1) is 21.7. The molecule has 0 unspecified atom stereocenters. The lowest BCUT2D eigenvalue weighted by Gasteiger charge is -2.09. The Kier molecular flexibility index (Phi) is 6.05. The monoisotopic (exact) mass is 451 g/mol. The van der Waals surface area contributed by atoms with Crippen LogP contribution in [-0.2, 0) is 16.0 Å². The van der Waals surface area contributed by atoms with E-state index in [0.717, 1.165) is 22.6 Å². The van der Waals surface area contributed by atoms with E-state index in [4.69, 9.17) is 4.74 Å². The molecule has 32 heavy (non-hydrogen) atoms. The van der Waals surface area contributed by atoms with E-state index in [0.29, 0.717) is 16.1 Å². The number of hydrogen-bond donors (Lipinski definition) is 1. The molecule has 0 aliphatic carbocycles. The maximum absolute atomic E-state index is 13.4. The minimum atomic E-state index is -0.537. The van der Waals surface area contributed by atoms with E-state index < -0.39 is 5.97 Å². The third-order valence-electron chi connectivity index (χ3n) is 5.15. The van der Waals surface area contributed by atoms with Crippen molar-refractivity contribution in [1.82, 2.24) is 9.38 Å². The standard InChI is InChI=1S/C24H22FN3O3S/c1-4-31-24(30)21-18(16-7-9-17(25)10-8-16)13-32-23(21)27-20(29)12-19-15(3)26-22-14(2)6-5-11-28(19)22/h5-11,13H,4,12H2,1-3H3,(H,27,29). The number of aromatic nitrogens is 2. The lowest BCUT2D eigenvalue weighted by Crippen LogP contribution is -2.18. The first-order chi connectivity index (χ1) is 15.4. The quantitative estimate of drug-likeness (QED) is 0.410. The van der Waals surface area contributed by atoms with Gasteiger partial charge in [-0.15, -0.1) is 11.3 Å². The molecule has 0 bridgehead atoms. The van der Waals surface area contributed by atoms with Gasteiger partial charge in [-0.3, -0.25) is 4.79 Å². The van der Waals surface area contributed by atoms with Gasteiger partial charge in [-0.2, -0.15) is 0 Å². The van der Waals surface area contributed by atoms with Crippen LogP contribution in [0.1, 0.15) is 34.2 Å². The number of fused-ring (bicyclic) bond motifs is 1. The summed E-state index contributed by atoms with van der Waals surface area (Å²) in [6.07, 6.45) is 1.98. The van der Waals surface area contributed by atoms with Crippen molar-refractivity contribution < 1.29 is 18.7 Å². The minimum absolute atomic E-state index is 0.0997. The maximum atomic E-state index is 13.4. The number of pyridine rings is 1. The summed E-state index contributed by atoms with van der Waals surface area (Å²) in [6, 6.07) is 9.73. The van der Waals surface area contributed by atoms with Crippen molar-refractivity contribution in [3.8, 4) is 11.1 Å². The zero-order valence-corrected chi connectivity index (χ0v) is 18.8. The molecule has 4 rings (SSSR count). The van der Waals surface area contributed by atoms with E-state index in [1.54, 1.807) is 24.4 Å². The molecule has 0 fully saturated rings. The van der Waals surface area contributed by atoms with Gasteiger partial charge >= 0.3 is 5.97 Å². The Labute approximate surface area is 188 Å². The second-order valence-corrected chi connectivity index (χ2v) is 8.21. The summed E-state index contributed by atoms with van der Waals surface area (Å²) in [5, 5.41) is 5.02. The van der Waals surface area contributed by atoms with Crippen LogP contribution >= 0.6 is 11.3 Å². The number of thiophene rings is 1. The molecule has 1 aromatic carbocycles. The number of carbonyl (C=O) groups excluding carboxylic acids is 2. The predicted molar refractivity (Wildman–Crippen MR) is 123 cm³/mol. The molecule has 4 aromatic rings. The predicted octanol–water partition coefficient (Wildman–Crippen LogP) is 5.18. The number of carbonyl (C=O) groups is 2. The van der Waals surface area contributed by atoms with E-state index in [9.17, 15) is 14.0 Å². The van der Waals surface area contributed by atoms with Gasteiger partial charge in [0.05, 0.1) is 24.4 Å². The number of nitrogens with zero attached hydrogens (tertiary/aromatic N) is 2. The number of benzene rings is 1. The molecule has 1 N–H and O–H groups in total. The Bertz CT molecular complexity index is 1310. The van der Waals surface area contributed by atoms with Crippen molar-refractivity contribution in [1.29, 1.82) is 0 Å². The molecule has 0 radical (unpaired) electrons. The zero-order valence-electron chi connectivity index (χ0n) is 17.9. The second-order valence-electron chi connectivity index (χ2n) is 7.33. The summed E-state index contributed by atoms with van der Waals surface area (Å²) in [5.74, 6) is -1.17. The molecule has 0 saturated heterocycles. The SMILES string of the molecule is CCOC(=O)c1c(-c2ccc(F)cc2)csc1NC(=O)Cc1c(C)nc2c(C)cccn12. The molecule has 0 atom stereocenters. The third-order valence-corrected chi connectivity index (χ3v) is 6.05. The van der Waals surface area contributed by atoms with Crippen molar-refractivity contribution in [2.24, 2.45) is 0 Å². The molecule has 3 heterocycles. The van der Waals surface area contributed by atoms with Gasteiger partial charge in [0.25, 0.3) is 0 Å². The fourth-order valence-electron chi connectivity index (χ4n) is 3.60. The molecule has 8 heteroatoms. The molecule has 164 valence electrons. The highest BCUT2D eigenvalue weighted by atomic mass is 32.1. The number of esters is 1. The highest BCUT2D eigenvalue weighted by Crippen LogP contribution is 2.36. The largest absolute Gasteiger partial charge is 0.462 e. The number of anilines is 1. The van der Waals surface area contributed by atoms with Gasteiger partial charge in [-0.25, -0.2) is 14.2 Å². The van der Waals surface area contributed by atoms with E-state index in [2.05, 4.69) is 10.3 Å². The molecule has 3 aromatic heterocycles. The normalized spacial score (nSPS) is 11.0. The van der Waals surface area contributed by atoms with Gasteiger partial charge in [-0.05, 0) is 50.1 Å². The Morgan fingerprint density at radius 2 is 1.94 bits per heavy atom. The number of ether oxygens (including phenoxy) is 1. The smallest absolute Gasteiger partial charge is 0.341 e. The first-order valence-electron chi connectivity index (χ1n) is 10.2. The Hall–Kier alpha value is -3.52. The van der Waals surface area contributed by atoms with Crippen molar-refractivity contribution in [2.45, 2.75) is 27.2 Å². The average molecular weight is 452 g/mol. The van der Waals surface area contributed by atoms with Crippen molar-refractivity contribution in [2.75, 3.05) is 11.9 Å². The second kappa shape index (κ2) is 8.92. The van der Waals surface area contributed by atoms with E-state index in [1.807, 2.05) is 36.6 Å². The third kappa shape index (κ3) is 4.13. The fraction of sp³-hybridized carbons (Fsp3) is 0.208. The van der Waals surface area contributed by atoms with Crippen LogP contribution in [0.3, 0.4) is 0 Å². The van der Waals surface area contributed by atoms with E-state index in [1.165, 1.54) is 23.5 Å². The Morgan fingerprint density at radius 1 is 1.19 bits per heavy atom. The van der Waals surface area contributed by atoms with Crippen LogP contribution in [0.15, 0.2) is 48.0 Å². The number of rotatable bonds is 6. The summed E-state index contributed by atoms with van der Waals surface area (Å²) in [6.45, 7) is 5.76. The number of halogens is 1. The van der Waals surface area contributed by atoms with E-state index >= 15 is 0 Å². The average Bonchev–Trinajstić information content (AvgIpc) is 3.31. The molecule has 1 amide bonds. The minimum Gasteiger partial charge on any atom is -0.462 e. The van der Waals surface area contributed by atoms with Crippen molar-refractivity contribution in [3.05, 3.63) is 76.3 Å². The lowest BCUT2D eigenvalue weighted by molar-refractivity contribution is -0.115. The van der Waals surface area contributed by atoms with Crippen LogP contribution in [0.4, 0.5) is 9.39 Å². The number of hydrogen-bond acceptors (Lipinski definition) is 5. The molecule has 0 saturated carbocycles. The summed E-state index contributed by atoms with van der Waals surface area (Å²) in [4.78, 5) is 30.2. The zero-order chi connectivity index (χ0) is 22.8. The van der Waals surface area contributed by atoms with Gasteiger partial charge in [0, 0.05) is 17.1 Å². The van der Waals surface area contributed by atoms with E-state index in [-0.39, 0.29) is 30.3 Å². The highest BCUT2D eigenvalue weighted by molar-refractivity contribution is 7.15. The Morgan fingerprint density at radius 3 is 2.66 bits per heavy atom. The summed E-state index contributed by atoms with van der Waals surface area (Å²) >= 11 is 1.23. The van der Waals surface area contributed by atoms with Crippen molar-refractivity contribution in [3.63, 3.8) is 0 Å². The van der Waals surface area contributed by atoms with Gasteiger partial charge in [-0.1, -0.05) is 18.2 Å². The molecular formula is C24H22FN3O3S. The molecule has 0 spiro atoms.